The third kappa shape index (κ3) is 12.8. The van der Waals surface area contributed by atoms with Crippen molar-refractivity contribution in [2.24, 2.45) is 0 Å². The van der Waals surface area contributed by atoms with Gasteiger partial charge in [-0.2, -0.15) is 0 Å². The second kappa shape index (κ2) is 19.8. The SMILES string of the molecule is CC(=O)OC[C@H]1O[C@@H](O[C@H]2[C@H](OC(C)=O)[C@@H](Nc3ccc4ccccc4c3)[C@H](OC(=O)C(Cl)(Cl)Cl)O[C@@H]2COC(C)=O)[C@H](OC(C)=O)[C@@H](OC(C)=O)[C@H]1OC(C)=O. The number of esters is 7. The molecular formula is C36H40Cl3NO17. The van der Waals surface area contributed by atoms with Gasteiger partial charge < -0.3 is 52.7 Å². The van der Waals surface area contributed by atoms with E-state index in [0.717, 1.165) is 52.3 Å². The Labute approximate surface area is 340 Å². The Balaban J connectivity index is 1.88. The monoisotopic (exact) mass is 863 g/mol. The molecule has 2 saturated heterocycles. The topological polar surface area (TPSA) is 224 Å². The molecule has 4 rings (SSSR count). The second-order valence-corrected chi connectivity index (χ2v) is 15.0. The highest BCUT2D eigenvalue weighted by Gasteiger charge is 2.57. The van der Waals surface area contributed by atoms with E-state index in [1.807, 2.05) is 18.2 Å². The molecule has 2 aromatic rings. The summed E-state index contributed by atoms with van der Waals surface area (Å²) in [7, 11) is 0. The van der Waals surface area contributed by atoms with Crippen LogP contribution in [0.25, 0.3) is 10.8 Å². The van der Waals surface area contributed by atoms with Gasteiger partial charge in [-0.15, -0.1) is 0 Å². The summed E-state index contributed by atoms with van der Waals surface area (Å²) in [5, 5.41) is 4.77. The Morgan fingerprint density at radius 3 is 1.61 bits per heavy atom. The van der Waals surface area contributed by atoms with Crippen molar-refractivity contribution in [3.8, 4) is 0 Å². The number of carbonyl (C=O) groups excluding carboxylic acids is 7. The third-order valence-electron chi connectivity index (χ3n) is 8.18. The zero-order valence-corrected chi connectivity index (χ0v) is 33.6. The van der Waals surface area contributed by atoms with E-state index in [-0.39, 0.29) is 0 Å². The van der Waals surface area contributed by atoms with Crippen LogP contribution in [-0.2, 0) is 80.9 Å². The van der Waals surface area contributed by atoms with Crippen molar-refractivity contribution in [3.05, 3.63) is 42.5 Å². The Kier molecular flexibility index (Phi) is 15.7. The molecule has 0 radical (unpaired) electrons. The minimum atomic E-state index is -2.61. The standard InChI is InChI=1S/C36H40Cl3NO17/c1-16(41)48-14-25-28(56-34-32(53-21(6)46)31(52-20(5)45)29(50-18(3)43)26(55-34)15-49-17(2)42)30(51-19(4)44)27(33(54-25)57-35(47)36(37,38)39)40-24-12-11-22-9-7-8-10-23(22)13-24/h7-13,25-34,40H,14-15H2,1-6H3/t25-,26-,27-,28-,29+,30-,31+,32-,33+,34+/m1/s1. The molecule has 1 N–H and O–H groups in total. The lowest BCUT2D eigenvalue weighted by Crippen LogP contribution is -2.68. The summed E-state index contributed by atoms with van der Waals surface area (Å²) in [6.45, 7) is 5.12. The van der Waals surface area contributed by atoms with E-state index < -0.39 is 120 Å². The largest absolute Gasteiger partial charge is 0.463 e. The predicted octanol–water partition coefficient (Wildman–Crippen LogP) is 3.22. The average Bonchev–Trinajstić information content (AvgIpc) is 3.10. The van der Waals surface area contributed by atoms with Gasteiger partial charge in [0.1, 0.15) is 37.6 Å². The summed E-state index contributed by atoms with van der Waals surface area (Å²) in [5.41, 5.74) is 0.388. The van der Waals surface area contributed by atoms with Crippen molar-refractivity contribution >= 4 is 93.0 Å². The summed E-state index contributed by atoms with van der Waals surface area (Å²) in [6, 6.07) is 11.1. The van der Waals surface area contributed by atoms with Gasteiger partial charge in [0, 0.05) is 47.2 Å². The van der Waals surface area contributed by atoms with Crippen LogP contribution in [-0.4, -0.2) is 120 Å². The van der Waals surface area contributed by atoms with E-state index in [9.17, 15) is 33.6 Å². The van der Waals surface area contributed by atoms with Crippen molar-refractivity contribution in [2.75, 3.05) is 18.5 Å². The van der Waals surface area contributed by atoms with Crippen LogP contribution >= 0.6 is 34.8 Å². The zero-order chi connectivity index (χ0) is 42.2. The molecule has 57 heavy (non-hydrogen) atoms. The van der Waals surface area contributed by atoms with Gasteiger partial charge in [-0.3, -0.25) is 28.8 Å². The Bertz CT molecular complexity index is 1820. The molecule has 2 heterocycles. The van der Waals surface area contributed by atoms with Crippen molar-refractivity contribution in [3.63, 3.8) is 0 Å². The van der Waals surface area contributed by atoms with E-state index >= 15 is 0 Å². The molecule has 0 unspecified atom stereocenters. The summed E-state index contributed by atoms with van der Waals surface area (Å²) in [4.78, 5) is 87.1. The molecule has 312 valence electrons. The number of halogens is 3. The van der Waals surface area contributed by atoms with Gasteiger partial charge in [0.05, 0.1) is 0 Å². The third-order valence-corrected chi connectivity index (χ3v) is 8.64. The number of rotatable bonds is 13. The van der Waals surface area contributed by atoms with Gasteiger partial charge in [-0.05, 0) is 22.9 Å². The van der Waals surface area contributed by atoms with Crippen LogP contribution < -0.4 is 5.32 Å². The fraction of sp³-hybridized carbons (Fsp3) is 0.528. The maximum absolute atomic E-state index is 13.0. The van der Waals surface area contributed by atoms with Crippen molar-refractivity contribution in [1.29, 1.82) is 0 Å². The van der Waals surface area contributed by atoms with Crippen LogP contribution in [0.4, 0.5) is 5.69 Å². The lowest BCUT2D eigenvalue weighted by Gasteiger charge is -2.49. The predicted molar refractivity (Wildman–Crippen MR) is 195 cm³/mol. The molecule has 21 heteroatoms. The number of nitrogens with one attached hydrogen (secondary N) is 1. The second-order valence-electron chi connectivity index (χ2n) is 12.7. The first-order valence-corrected chi connectivity index (χ1v) is 18.3. The minimum Gasteiger partial charge on any atom is -0.463 e. The molecule has 2 aliphatic heterocycles. The van der Waals surface area contributed by atoms with Crippen LogP contribution in [0.3, 0.4) is 0 Å². The molecule has 18 nitrogen and oxygen atoms in total. The maximum Gasteiger partial charge on any atom is 0.360 e. The fourth-order valence-electron chi connectivity index (χ4n) is 6.08. The van der Waals surface area contributed by atoms with Crippen LogP contribution in [0, 0.1) is 0 Å². The lowest BCUT2D eigenvalue weighted by atomic mass is 9.94. The highest BCUT2D eigenvalue weighted by atomic mass is 35.6. The molecule has 10 atom stereocenters. The summed E-state index contributed by atoms with van der Waals surface area (Å²) < 4.78 is 54.3. The molecule has 2 aliphatic rings. The maximum atomic E-state index is 13.0. The number of hydrogen-bond acceptors (Lipinski definition) is 18. The van der Waals surface area contributed by atoms with Crippen molar-refractivity contribution in [2.45, 2.75) is 107 Å². The van der Waals surface area contributed by atoms with Gasteiger partial charge in [0.2, 0.25) is 6.29 Å². The smallest absolute Gasteiger partial charge is 0.360 e. The van der Waals surface area contributed by atoms with E-state index in [0.29, 0.717) is 5.69 Å². The quantitative estimate of drug-likeness (QED) is 0.173. The summed E-state index contributed by atoms with van der Waals surface area (Å²) >= 11 is 17.5. The van der Waals surface area contributed by atoms with Crippen LogP contribution in [0.2, 0.25) is 0 Å². The van der Waals surface area contributed by atoms with Crippen LogP contribution in [0.15, 0.2) is 42.5 Å². The zero-order valence-electron chi connectivity index (χ0n) is 31.3. The summed E-state index contributed by atoms with van der Waals surface area (Å²) in [5.74, 6) is -6.55. The number of ether oxygens (including phenoxy) is 10. The first-order valence-electron chi connectivity index (χ1n) is 17.2. The van der Waals surface area contributed by atoms with E-state index in [1.54, 1.807) is 24.3 Å². The average molecular weight is 865 g/mol. The number of anilines is 1. The van der Waals surface area contributed by atoms with Crippen molar-refractivity contribution < 1.29 is 80.9 Å². The Morgan fingerprint density at radius 1 is 0.579 bits per heavy atom. The van der Waals surface area contributed by atoms with E-state index in [1.165, 1.54) is 0 Å². The summed E-state index contributed by atoms with van der Waals surface area (Å²) in [6.07, 6.45) is -14.7. The molecule has 0 bridgehead atoms. The van der Waals surface area contributed by atoms with Crippen molar-refractivity contribution in [1.82, 2.24) is 0 Å². The Hall–Kier alpha value is -4.46. The van der Waals surface area contributed by atoms with Crippen LogP contribution in [0.1, 0.15) is 41.5 Å². The fourth-order valence-corrected chi connectivity index (χ4v) is 6.22. The van der Waals surface area contributed by atoms with Gasteiger partial charge >= 0.3 is 41.8 Å². The van der Waals surface area contributed by atoms with Gasteiger partial charge in [0.15, 0.2) is 30.7 Å². The number of carbonyl (C=O) groups is 7. The van der Waals surface area contributed by atoms with E-state index in [2.05, 4.69) is 5.32 Å². The number of fused-ring (bicyclic) bond motifs is 1. The van der Waals surface area contributed by atoms with Crippen LogP contribution in [0.5, 0.6) is 0 Å². The van der Waals surface area contributed by atoms with Gasteiger partial charge in [-0.1, -0.05) is 65.1 Å². The number of benzene rings is 2. The Morgan fingerprint density at radius 2 is 1.07 bits per heavy atom. The molecule has 0 aliphatic carbocycles. The normalized spacial score (nSPS) is 27.2. The molecule has 0 aromatic heterocycles. The number of alkyl halides is 3. The first-order chi connectivity index (χ1) is 26.7. The molecule has 0 spiro atoms. The molecule has 2 fully saturated rings. The lowest BCUT2D eigenvalue weighted by molar-refractivity contribution is -0.346. The molecule has 0 amide bonds. The molecule has 2 aromatic carbocycles. The van der Waals surface area contributed by atoms with E-state index in [4.69, 9.17) is 82.2 Å². The highest BCUT2D eigenvalue weighted by Crippen LogP contribution is 2.37. The first kappa shape index (κ1) is 45.2. The molecular weight excluding hydrogens is 825 g/mol. The minimum absolute atomic E-state index is 0.388. The highest BCUT2D eigenvalue weighted by molar-refractivity contribution is 6.75. The van der Waals surface area contributed by atoms with Gasteiger partial charge in [-0.25, -0.2) is 4.79 Å². The molecule has 0 saturated carbocycles. The van der Waals surface area contributed by atoms with Gasteiger partial charge in [0.25, 0.3) is 3.79 Å². The number of hydrogen-bond donors (Lipinski definition) is 1.